The first-order valence-electron chi connectivity index (χ1n) is 5.65. The van der Waals surface area contributed by atoms with Gasteiger partial charge in [0.1, 0.15) is 11.6 Å². The van der Waals surface area contributed by atoms with E-state index in [1.54, 1.807) is 0 Å². The van der Waals surface area contributed by atoms with Crippen molar-refractivity contribution in [3.63, 3.8) is 0 Å². The van der Waals surface area contributed by atoms with Crippen LogP contribution in [0.5, 0.6) is 0 Å². The molecule has 0 amide bonds. The maximum Gasteiger partial charge on any atom is 0.303 e. The molecule has 0 radical (unpaired) electrons. The van der Waals surface area contributed by atoms with E-state index in [9.17, 15) is 9.59 Å². The van der Waals surface area contributed by atoms with E-state index in [0.29, 0.717) is 31.2 Å². The molecule has 92 valence electrons. The zero-order chi connectivity index (χ0) is 12.4. The van der Waals surface area contributed by atoms with Crippen molar-refractivity contribution in [1.29, 1.82) is 0 Å². The molecular formula is C11H15N3O3. The fourth-order valence-corrected chi connectivity index (χ4v) is 1.96. The summed E-state index contributed by atoms with van der Waals surface area (Å²) in [6.45, 7) is 3.24. The van der Waals surface area contributed by atoms with E-state index in [1.165, 1.54) is 6.07 Å². The summed E-state index contributed by atoms with van der Waals surface area (Å²) in [6, 6.07) is 1.45. The highest BCUT2D eigenvalue weighted by molar-refractivity contribution is 5.67. The number of carboxylic acids is 1. The summed E-state index contributed by atoms with van der Waals surface area (Å²) in [5, 5.41) is 8.64. The van der Waals surface area contributed by atoms with Crippen molar-refractivity contribution in [2.24, 2.45) is 5.92 Å². The molecule has 1 aromatic heterocycles. The molecule has 6 nitrogen and oxygen atoms in total. The normalized spacial score (nSPS) is 15.7. The monoisotopic (exact) mass is 237 g/mol. The highest BCUT2D eigenvalue weighted by atomic mass is 16.4. The van der Waals surface area contributed by atoms with Crippen LogP contribution in [0, 0.1) is 5.92 Å². The van der Waals surface area contributed by atoms with Crippen LogP contribution >= 0.6 is 0 Å². The second kappa shape index (κ2) is 4.57. The van der Waals surface area contributed by atoms with E-state index < -0.39 is 5.97 Å². The van der Waals surface area contributed by atoms with Crippen LogP contribution in [-0.2, 0) is 11.2 Å². The van der Waals surface area contributed by atoms with Gasteiger partial charge in [0.15, 0.2) is 0 Å². The van der Waals surface area contributed by atoms with Gasteiger partial charge in [-0.3, -0.25) is 9.59 Å². The highest BCUT2D eigenvalue weighted by Gasteiger charge is 2.29. The zero-order valence-corrected chi connectivity index (χ0v) is 9.64. The topological polar surface area (TPSA) is 86.3 Å². The third-order valence-corrected chi connectivity index (χ3v) is 2.86. The Labute approximate surface area is 98.3 Å². The molecule has 2 rings (SSSR count). The smallest absolute Gasteiger partial charge is 0.303 e. The lowest BCUT2D eigenvalue weighted by Crippen LogP contribution is -2.48. The van der Waals surface area contributed by atoms with Gasteiger partial charge in [0.05, 0.1) is 6.42 Å². The number of rotatable bonds is 4. The molecule has 0 atom stereocenters. The van der Waals surface area contributed by atoms with E-state index in [2.05, 4.69) is 9.97 Å². The third-order valence-electron chi connectivity index (χ3n) is 2.86. The number of hydrogen-bond acceptors (Lipinski definition) is 4. The van der Waals surface area contributed by atoms with Gasteiger partial charge in [-0.2, -0.15) is 0 Å². The molecule has 6 heteroatoms. The van der Waals surface area contributed by atoms with Crippen molar-refractivity contribution in [3.8, 4) is 0 Å². The van der Waals surface area contributed by atoms with Crippen LogP contribution in [0.1, 0.15) is 19.2 Å². The van der Waals surface area contributed by atoms with E-state index >= 15 is 0 Å². The van der Waals surface area contributed by atoms with Crippen LogP contribution in [0.25, 0.3) is 0 Å². The molecule has 0 aliphatic carbocycles. The van der Waals surface area contributed by atoms with Gasteiger partial charge in [0.25, 0.3) is 5.56 Å². The fraction of sp³-hybridized carbons (Fsp3) is 0.545. The summed E-state index contributed by atoms with van der Waals surface area (Å²) >= 11 is 0. The number of carbonyl (C=O) groups is 1. The predicted molar refractivity (Wildman–Crippen MR) is 62.2 cm³/mol. The molecule has 1 aliphatic rings. The Bertz CT molecular complexity index is 477. The number of nitrogens with one attached hydrogen (secondary N) is 1. The van der Waals surface area contributed by atoms with Gasteiger partial charge in [-0.15, -0.1) is 0 Å². The van der Waals surface area contributed by atoms with Crippen molar-refractivity contribution in [3.05, 3.63) is 22.2 Å². The van der Waals surface area contributed by atoms with Crippen LogP contribution in [0.4, 0.5) is 5.82 Å². The minimum absolute atomic E-state index is 0.159. The average Bonchev–Trinajstić information content (AvgIpc) is 2.21. The molecule has 0 bridgehead atoms. The summed E-state index contributed by atoms with van der Waals surface area (Å²) in [4.78, 5) is 30.8. The number of carboxylic acid groups (broad SMARTS) is 1. The number of aliphatic carboxylic acids is 1. The third kappa shape index (κ3) is 2.64. The molecule has 2 heterocycles. The van der Waals surface area contributed by atoms with E-state index in [0.717, 1.165) is 0 Å². The number of hydrogen-bond donors (Lipinski definition) is 2. The van der Waals surface area contributed by atoms with Gasteiger partial charge in [0.2, 0.25) is 0 Å². The number of nitrogens with zero attached hydrogens (tertiary/aromatic N) is 2. The molecule has 0 spiro atoms. The lowest BCUT2D eigenvalue weighted by molar-refractivity contribution is -0.138. The zero-order valence-electron chi connectivity index (χ0n) is 9.64. The first-order valence-corrected chi connectivity index (χ1v) is 5.65. The first kappa shape index (κ1) is 11.6. The van der Waals surface area contributed by atoms with Gasteiger partial charge in [0, 0.05) is 31.5 Å². The average molecular weight is 237 g/mol. The minimum Gasteiger partial charge on any atom is -0.481 e. The van der Waals surface area contributed by atoms with Crippen molar-refractivity contribution in [2.45, 2.75) is 19.8 Å². The maximum atomic E-state index is 11.4. The van der Waals surface area contributed by atoms with Gasteiger partial charge in [-0.25, -0.2) is 4.98 Å². The van der Waals surface area contributed by atoms with Crippen molar-refractivity contribution in [1.82, 2.24) is 9.97 Å². The van der Waals surface area contributed by atoms with E-state index in [4.69, 9.17) is 5.11 Å². The first-order chi connectivity index (χ1) is 8.08. The molecule has 1 aliphatic heterocycles. The molecule has 0 unspecified atom stereocenters. The van der Waals surface area contributed by atoms with Crippen LogP contribution in [-0.4, -0.2) is 34.1 Å². The Kier molecular flexibility index (Phi) is 3.12. The van der Waals surface area contributed by atoms with Crippen molar-refractivity contribution in [2.75, 3.05) is 18.0 Å². The molecule has 2 N–H and O–H groups in total. The summed E-state index contributed by atoms with van der Waals surface area (Å²) < 4.78 is 0. The van der Waals surface area contributed by atoms with Gasteiger partial charge < -0.3 is 15.0 Å². The van der Waals surface area contributed by atoms with Crippen molar-refractivity contribution < 1.29 is 9.90 Å². The number of aromatic amines is 1. The summed E-state index contributed by atoms with van der Waals surface area (Å²) in [5.74, 6) is 0.697. The number of H-pyrrole nitrogens is 1. The van der Waals surface area contributed by atoms with Gasteiger partial charge in [-0.1, -0.05) is 6.92 Å². The predicted octanol–water partition coefficient (Wildman–Crippen LogP) is 0.243. The number of aromatic nitrogens is 2. The Morgan fingerprint density at radius 2 is 2.35 bits per heavy atom. The molecule has 1 fully saturated rings. The summed E-state index contributed by atoms with van der Waals surface area (Å²) in [7, 11) is 0. The van der Waals surface area contributed by atoms with E-state index in [-0.39, 0.29) is 17.9 Å². The van der Waals surface area contributed by atoms with Crippen LogP contribution in [0.3, 0.4) is 0 Å². The van der Waals surface area contributed by atoms with Crippen LogP contribution < -0.4 is 10.5 Å². The summed E-state index contributed by atoms with van der Waals surface area (Å²) in [6.07, 6.45) is 0.857. The highest BCUT2D eigenvalue weighted by Crippen LogP contribution is 2.23. The quantitative estimate of drug-likeness (QED) is 0.783. The fourth-order valence-electron chi connectivity index (χ4n) is 1.96. The number of aryl methyl sites for hydroxylation is 1. The molecule has 0 saturated carbocycles. The van der Waals surface area contributed by atoms with Crippen molar-refractivity contribution >= 4 is 11.8 Å². The second-order valence-corrected chi connectivity index (χ2v) is 4.27. The Morgan fingerprint density at radius 3 is 2.94 bits per heavy atom. The Hall–Kier alpha value is -1.85. The lowest BCUT2D eigenvalue weighted by Gasteiger charge is -2.39. The van der Waals surface area contributed by atoms with Crippen LogP contribution in [0.15, 0.2) is 10.9 Å². The largest absolute Gasteiger partial charge is 0.481 e. The maximum absolute atomic E-state index is 11.4. The molecule has 1 aromatic rings. The molecule has 1 saturated heterocycles. The second-order valence-electron chi connectivity index (χ2n) is 4.27. The SMILES string of the molecule is CCc1nc(N2CC(CC(=O)O)C2)cc(=O)[nH]1. The molecular weight excluding hydrogens is 222 g/mol. The Balaban J connectivity index is 2.03. The van der Waals surface area contributed by atoms with Gasteiger partial charge in [-0.05, 0) is 0 Å². The Morgan fingerprint density at radius 1 is 1.65 bits per heavy atom. The lowest BCUT2D eigenvalue weighted by atomic mass is 9.96. The standard InChI is InChI=1S/C11H15N3O3/c1-2-8-12-9(4-10(15)13-8)14-5-7(6-14)3-11(16)17/h4,7H,2-3,5-6H2,1H3,(H,16,17)(H,12,13,15). The van der Waals surface area contributed by atoms with Crippen LogP contribution in [0.2, 0.25) is 0 Å². The summed E-state index contributed by atoms with van der Waals surface area (Å²) in [5.41, 5.74) is -0.159. The van der Waals surface area contributed by atoms with Gasteiger partial charge >= 0.3 is 5.97 Å². The molecule has 17 heavy (non-hydrogen) atoms. The number of anilines is 1. The van der Waals surface area contributed by atoms with E-state index in [1.807, 2.05) is 11.8 Å². The minimum atomic E-state index is -0.775. The molecule has 0 aromatic carbocycles.